The number of fused-ring (bicyclic) bond motifs is 1. The summed E-state index contributed by atoms with van der Waals surface area (Å²) in [5.41, 5.74) is 14.0. The average Bonchev–Trinajstić information content (AvgIpc) is 3.65. The van der Waals surface area contributed by atoms with Gasteiger partial charge >= 0.3 is 6.18 Å². The van der Waals surface area contributed by atoms with Gasteiger partial charge in [-0.05, 0) is 55.2 Å². The fourth-order valence-corrected chi connectivity index (χ4v) is 4.60. The third kappa shape index (κ3) is 4.87. The summed E-state index contributed by atoms with van der Waals surface area (Å²) in [5.74, 6) is -0.321. The quantitative estimate of drug-likeness (QED) is 0.461. The number of ether oxygens (including phenoxy) is 1. The molecule has 1 saturated carbocycles. The molecule has 3 aromatic rings. The van der Waals surface area contributed by atoms with E-state index in [2.05, 4.69) is 10.2 Å². The molecule has 1 aromatic heterocycles. The van der Waals surface area contributed by atoms with Crippen LogP contribution in [0.4, 0.5) is 24.7 Å². The molecule has 2 aromatic carbocycles. The normalized spacial score (nSPS) is 17.2. The first-order chi connectivity index (χ1) is 17.5. The number of halogens is 3. The number of hydrogen-bond acceptors (Lipinski definition) is 6. The first-order valence-electron chi connectivity index (χ1n) is 12.0. The Morgan fingerprint density at radius 3 is 2.43 bits per heavy atom. The largest absolute Gasteiger partial charge is 0.480 e. The minimum atomic E-state index is -4.57. The molecule has 196 valence electrons. The standard InChI is InChI=1S/C25H27F3N6O3/c1-13(25(26,27)28)37-20-12-16(10-18-21(20)22(29)32-31-18)15-4-5-17(23(30)35)19(11-15)33-6-8-34(9-7-33)24(36)14-2-3-14/h4-5,10-14H,2-3,6-9H2,1H3,(H2,30,35)(H3,29,31,32). The van der Waals surface area contributed by atoms with Gasteiger partial charge in [-0.15, -0.1) is 0 Å². The van der Waals surface area contributed by atoms with Gasteiger partial charge in [0.2, 0.25) is 5.91 Å². The van der Waals surface area contributed by atoms with Crippen molar-refractivity contribution in [1.82, 2.24) is 15.1 Å². The molecule has 0 bridgehead atoms. The third-order valence-corrected chi connectivity index (χ3v) is 6.87. The Morgan fingerprint density at radius 1 is 1.11 bits per heavy atom. The number of nitrogens with one attached hydrogen (secondary N) is 1. The van der Waals surface area contributed by atoms with Crippen molar-refractivity contribution in [2.45, 2.75) is 32.0 Å². The number of benzene rings is 2. The summed E-state index contributed by atoms with van der Waals surface area (Å²) >= 11 is 0. The number of piperazine rings is 1. The second-order valence-corrected chi connectivity index (χ2v) is 9.49. The van der Waals surface area contributed by atoms with Gasteiger partial charge in [0, 0.05) is 32.1 Å². The summed E-state index contributed by atoms with van der Waals surface area (Å²) in [5, 5.41) is 6.90. The molecule has 2 aliphatic rings. The van der Waals surface area contributed by atoms with E-state index in [4.69, 9.17) is 16.2 Å². The van der Waals surface area contributed by atoms with Crippen molar-refractivity contribution in [3.05, 3.63) is 35.9 Å². The Labute approximate surface area is 210 Å². The van der Waals surface area contributed by atoms with Gasteiger partial charge in [0.15, 0.2) is 11.9 Å². The van der Waals surface area contributed by atoms with Crippen LogP contribution in [0.25, 0.3) is 22.0 Å². The van der Waals surface area contributed by atoms with E-state index in [0.717, 1.165) is 19.8 Å². The lowest BCUT2D eigenvalue weighted by molar-refractivity contribution is -0.188. The molecule has 37 heavy (non-hydrogen) atoms. The molecule has 5 N–H and O–H groups in total. The molecule has 0 spiro atoms. The number of hydrogen-bond donors (Lipinski definition) is 3. The van der Waals surface area contributed by atoms with Gasteiger partial charge in [-0.2, -0.15) is 18.3 Å². The van der Waals surface area contributed by atoms with Crippen LogP contribution in [0.3, 0.4) is 0 Å². The maximum absolute atomic E-state index is 13.2. The summed E-state index contributed by atoms with van der Waals surface area (Å²) in [4.78, 5) is 28.5. The van der Waals surface area contributed by atoms with Crippen LogP contribution >= 0.6 is 0 Å². The fraction of sp³-hybridized carbons (Fsp3) is 0.400. The molecular formula is C25H27F3N6O3. The minimum Gasteiger partial charge on any atom is -0.480 e. The highest BCUT2D eigenvalue weighted by molar-refractivity contribution is 6.01. The third-order valence-electron chi connectivity index (χ3n) is 6.87. The predicted octanol–water partition coefficient (Wildman–Crippen LogP) is 3.30. The summed E-state index contributed by atoms with van der Waals surface area (Å²) in [7, 11) is 0. The number of rotatable bonds is 6. The van der Waals surface area contributed by atoms with E-state index < -0.39 is 18.2 Å². The molecule has 2 heterocycles. The smallest absolute Gasteiger partial charge is 0.425 e. The van der Waals surface area contributed by atoms with E-state index in [1.807, 2.05) is 9.80 Å². The van der Waals surface area contributed by atoms with Crippen LogP contribution < -0.4 is 21.1 Å². The first-order valence-corrected chi connectivity index (χ1v) is 12.0. The number of carbonyl (C=O) groups excluding carboxylic acids is 2. The lowest BCUT2D eigenvalue weighted by Gasteiger charge is -2.37. The SMILES string of the molecule is CC(Oc1cc(-c2ccc(C(N)=O)c(N3CCN(C(=O)C4CC4)CC3)c2)cc2[nH]nc(N)c12)C(F)(F)F. The van der Waals surface area contributed by atoms with E-state index in [0.29, 0.717) is 54.1 Å². The maximum atomic E-state index is 13.2. The summed E-state index contributed by atoms with van der Waals surface area (Å²) in [6, 6.07) is 8.23. The van der Waals surface area contributed by atoms with Crippen LogP contribution in [0.15, 0.2) is 30.3 Å². The average molecular weight is 517 g/mol. The zero-order valence-corrected chi connectivity index (χ0v) is 20.1. The molecule has 1 aliphatic carbocycles. The van der Waals surface area contributed by atoms with E-state index in [-0.39, 0.29) is 28.8 Å². The Morgan fingerprint density at radius 2 is 1.81 bits per heavy atom. The number of nitrogens with zero attached hydrogens (tertiary/aromatic N) is 3. The molecule has 2 amide bonds. The number of anilines is 2. The Balaban J connectivity index is 1.49. The molecule has 12 heteroatoms. The molecular weight excluding hydrogens is 489 g/mol. The van der Waals surface area contributed by atoms with Crippen molar-refractivity contribution in [2.75, 3.05) is 36.8 Å². The highest BCUT2D eigenvalue weighted by Crippen LogP contribution is 2.38. The number of aromatic amines is 1. The summed E-state index contributed by atoms with van der Waals surface area (Å²) in [6.45, 7) is 3.03. The van der Waals surface area contributed by atoms with Crippen LogP contribution in [-0.4, -0.2) is 65.4 Å². The molecule has 9 nitrogen and oxygen atoms in total. The molecule has 1 unspecified atom stereocenters. The molecule has 5 rings (SSSR count). The highest BCUT2D eigenvalue weighted by Gasteiger charge is 2.39. The molecule has 1 atom stereocenters. The number of nitrogen functional groups attached to an aromatic ring is 1. The van der Waals surface area contributed by atoms with Gasteiger partial charge in [-0.25, -0.2) is 0 Å². The van der Waals surface area contributed by atoms with Gasteiger partial charge < -0.3 is 26.0 Å². The van der Waals surface area contributed by atoms with Crippen LogP contribution in [-0.2, 0) is 4.79 Å². The minimum absolute atomic E-state index is 0.0225. The van der Waals surface area contributed by atoms with E-state index in [1.165, 1.54) is 6.07 Å². The molecule has 2 fully saturated rings. The first kappa shape index (κ1) is 24.7. The Hall–Kier alpha value is -3.96. The van der Waals surface area contributed by atoms with Crippen molar-refractivity contribution in [3.63, 3.8) is 0 Å². The van der Waals surface area contributed by atoms with Crippen molar-refractivity contribution in [3.8, 4) is 16.9 Å². The van der Waals surface area contributed by atoms with Crippen molar-refractivity contribution >= 4 is 34.2 Å². The van der Waals surface area contributed by atoms with E-state index in [9.17, 15) is 22.8 Å². The number of amides is 2. The van der Waals surface area contributed by atoms with Gasteiger partial charge in [-0.3, -0.25) is 14.7 Å². The van der Waals surface area contributed by atoms with E-state index >= 15 is 0 Å². The highest BCUT2D eigenvalue weighted by atomic mass is 19.4. The number of H-pyrrole nitrogens is 1. The molecule has 0 radical (unpaired) electrons. The zero-order valence-electron chi connectivity index (χ0n) is 20.1. The second-order valence-electron chi connectivity index (χ2n) is 9.49. The second kappa shape index (κ2) is 9.16. The number of alkyl halides is 3. The lowest BCUT2D eigenvalue weighted by atomic mass is 9.99. The van der Waals surface area contributed by atoms with Crippen LogP contribution in [0.5, 0.6) is 5.75 Å². The predicted molar refractivity (Wildman–Crippen MR) is 132 cm³/mol. The van der Waals surface area contributed by atoms with Crippen LogP contribution in [0, 0.1) is 5.92 Å². The van der Waals surface area contributed by atoms with Gasteiger partial charge in [0.25, 0.3) is 5.91 Å². The van der Waals surface area contributed by atoms with Crippen LogP contribution in [0.2, 0.25) is 0 Å². The molecule has 1 saturated heterocycles. The fourth-order valence-electron chi connectivity index (χ4n) is 4.60. The number of aromatic nitrogens is 2. The van der Waals surface area contributed by atoms with E-state index in [1.54, 1.807) is 24.3 Å². The Kier molecular flexibility index (Phi) is 6.12. The van der Waals surface area contributed by atoms with Crippen molar-refractivity contribution < 1.29 is 27.5 Å². The lowest BCUT2D eigenvalue weighted by Crippen LogP contribution is -2.49. The maximum Gasteiger partial charge on any atom is 0.425 e. The zero-order chi connectivity index (χ0) is 26.5. The monoisotopic (exact) mass is 516 g/mol. The topological polar surface area (TPSA) is 131 Å². The number of primary amides is 1. The number of nitrogens with two attached hydrogens (primary N) is 2. The van der Waals surface area contributed by atoms with Crippen molar-refractivity contribution in [2.24, 2.45) is 11.7 Å². The van der Waals surface area contributed by atoms with Gasteiger partial charge in [-0.1, -0.05) is 6.07 Å². The summed E-state index contributed by atoms with van der Waals surface area (Å²) < 4.78 is 45.0. The van der Waals surface area contributed by atoms with Crippen molar-refractivity contribution in [1.29, 1.82) is 0 Å². The van der Waals surface area contributed by atoms with Crippen LogP contribution in [0.1, 0.15) is 30.1 Å². The number of carbonyl (C=O) groups is 2. The van der Waals surface area contributed by atoms with Gasteiger partial charge in [0.1, 0.15) is 5.75 Å². The summed E-state index contributed by atoms with van der Waals surface area (Å²) in [6.07, 6.45) is -4.76. The molecule has 1 aliphatic heterocycles. The van der Waals surface area contributed by atoms with Gasteiger partial charge in [0.05, 0.1) is 22.2 Å². The Bertz CT molecular complexity index is 1360.